The number of fused-ring (bicyclic) bond motifs is 1. The molecule has 1 aliphatic rings. The number of hydrogen-bond acceptors (Lipinski definition) is 7. The molecule has 5 rings (SSSR count). The number of piperidine rings is 1. The van der Waals surface area contributed by atoms with Crippen LogP contribution in [0, 0.1) is 0 Å². The molecule has 0 radical (unpaired) electrons. The van der Waals surface area contributed by atoms with Crippen molar-refractivity contribution in [1.82, 2.24) is 24.6 Å². The minimum atomic E-state index is -0.701. The highest BCUT2D eigenvalue weighted by Gasteiger charge is 2.24. The Morgan fingerprint density at radius 3 is 2.71 bits per heavy atom. The number of nitrogen functional groups attached to an aromatic ring is 1. The zero-order valence-corrected chi connectivity index (χ0v) is 17.7. The zero-order chi connectivity index (χ0) is 21.5. The van der Waals surface area contributed by atoms with Gasteiger partial charge >= 0.3 is 0 Å². The number of anilines is 1. The molecule has 0 spiro atoms. The van der Waals surface area contributed by atoms with Crippen molar-refractivity contribution in [2.45, 2.75) is 31.9 Å². The molecule has 0 aliphatic carbocycles. The average molecular weight is 419 g/mol. The van der Waals surface area contributed by atoms with Crippen molar-refractivity contribution >= 4 is 16.9 Å². The summed E-state index contributed by atoms with van der Waals surface area (Å²) >= 11 is 0. The standard InChI is InChI=1S/C23H26N6O2/c1-14(30)21-18(13-29(27-21)16-7-9-28(2)10-8-16)15-11-17(22(24)25-12-15)23-26-19-5-3-4-6-20(19)31-23/h3-6,11-14,16,30H,7-10H2,1-2H3,(H2,24,25). The largest absolute Gasteiger partial charge is 0.436 e. The second kappa shape index (κ2) is 7.79. The molecule has 4 heterocycles. The van der Waals surface area contributed by atoms with E-state index in [1.807, 2.05) is 41.2 Å². The summed E-state index contributed by atoms with van der Waals surface area (Å²) in [7, 11) is 2.14. The van der Waals surface area contributed by atoms with Crippen molar-refractivity contribution in [3.05, 3.63) is 48.4 Å². The third-order valence-electron chi connectivity index (χ3n) is 5.97. The number of aliphatic hydroxyl groups is 1. The molecule has 160 valence electrons. The van der Waals surface area contributed by atoms with Gasteiger partial charge in [-0.15, -0.1) is 0 Å². The normalized spacial score (nSPS) is 16.7. The van der Waals surface area contributed by atoms with Crippen molar-refractivity contribution in [2.75, 3.05) is 25.9 Å². The van der Waals surface area contributed by atoms with Gasteiger partial charge in [0.2, 0.25) is 5.89 Å². The maximum Gasteiger partial charge on any atom is 0.231 e. The van der Waals surface area contributed by atoms with Crippen LogP contribution in [0.15, 0.2) is 47.1 Å². The smallest absolute Gasteiger partial charge is 0.231 e. The Bertz CT molecular complexity index is 1190. The van der Waals surface area contributed by atoms with Gasteiger partial charge in [0.15, 0.2) is 5.58 Å². The van der Waals surface area contributed by atoms with Crippen LogP contribution in [0.2, 0.25) is 0 Å². The molecule has 1 atom stereocenters. The Kier molecular flexibility index (Phi) is 4.95. The summed E-state index contributed by atoms with van der Waals surface area (Å²) < 4.78 is 7.91. The highest BCUT2D eigenvalue weighted by atomic mass is 16.3. The Morgan fingerprint density at radius 2 is 1.97 bits per heavy atom. The monoisotopic (exact) mass is 418 g/mol. The van der Waals surface area contributed by atoms with E-state index >= 15 is 0 Å². The van der Waals surface area contributed by atoms with Crippen LogP contribution in [-0.4, -0.2) is 49.9 Å². The molecule has 31 heavy (non-hydrogen) atoms. The van der Waals surface area contributed by atoms with E-state index in [2.05, 4.69) is 21.9 Å². The fourth-order valence-electron chi connectivity index (χ4n) is 4.16. The van der Waals surface area contributed by atoms with Crippen molar-refractivity contribution in [3.8, 4) is 22.6 Å². The summed E-state index contributed by atoms with van der Waals surface area (Å²) in [4.78, 5) is 11.3. The van der Waals surface area contributed by atoms with Crippen LogP contribution in [0.25, 0.3) is 33.7 Å². The van der Waals surface area contributed by atoms with Crippen LogP contribution < -0.4 is 5.73 Å². The van der Waals surface area contributed by atoms with Crippen LogP contribution >= 0.6 is 0 Å². The number of hydrogen-bond donors (Lipinski definition) is 2. The second-order valence-electron chi connectivity index (χ2n) is 8.26. The Balaban J connectivity index is 1.56. The first-order valence-electron chi connectivity index (χ1n) is 10.6. The number of nitrogens with zero attached hydrogens (tertiary/aromatic N) is 5. The van der Waals surface area contributed by atoms with Crippen LogP contribution in [0.5, 0.6) is 0 Å². The van der Waals surface area contributed by atoms with Crippen molar-refractivity contribution in [3.63, 3.8) is 0 Å². The lowest BCUT2D eigenvalue weighted by Crippen LogP contribution is -2.31. The topological polar surface area (TPSA) is 106 Å². The SMILES string of the molecule is CC(O)c1nn(C2CCN(C)CC2)cc1-c1cnc(N)c(-c2nc3ccccc3o2)c1. The molecule has 3 aromatic heterocycles. The Hall–Kier alpha value is -3.23. The summed E-state index contributed by atoms with van der Waals surface area (Å²) in [6, 6.07) is 9.82. The number of benzene rings is 1. The molecule has 1 saturated heterocycles. The summed E-state index contributed by atoms with van der Waals surface area (Å²) in [6.07, 6.45) is 5.09. The summed E-state index contributed by atoms with van der Waals surface area (Å²) in [5, 5.41) is 15.1. The molecule has 1 fully saturated rings. The van der Waals surface area contributed by atoms with Gasteiger partial charge in [-0.1, -0.05) is 12.1 Å². The maximum atomic E-state index is 10.4. The van der Waals surface area contributed by atoms with Gasteiger partial charge in [0.05, 0.1) is 23.4 Å². The molecule has 4 aromatic rings. The second-order valence-corrected chi connectivity index (χ2v) is 8.26. The lowest BCUT2D eigenvalue weighted by molar-refractivity contribution is 0.187. The van der Waals surface area contributed by atoms with E-state index in [1.54, 1.807) is 13.1 Å². The van der Waals surface area contributed by atoms with Crippen LogP contribution in [0.4, 0.5) is 5.82 Å². The molecule has 8 nitrogen and oxygen atoms in total. The minimum Gasteiger partial charge on any atom is -0.436 e. The first-order valence-corrected chi connectivity index (χ1v) is 10.6. The average Bonchev–Trinajstić information content (AvgIpc) is 3.39. The summed E-state index contributed by atoms with van der Waals surface area (Å²) in [6.45, 7) is 3.81. The summed E-state index contributed by atoms with van der Waals surface area (Å²) in [5.41, 5.74) is 10.6. The van der Waals surface area contributed by atoms with Gasteiger partial charge in [0.1, 0.15) is 11.3 Å². The van der Waals surface area contributed by atoms with E-state index in [9.17, 15) is 5.11 Å². The fraction of sp³-hybridized carbons (Fsp3) is 0.348. The minimum absolute atomic E-state index is 0.320. The molecule has 0 saturated carbocycles. The van der Waals surface area contributed by atoms with Gasteiger partial charge in [0.25, 0.3) is 0 Å². The van der Waals surface area contributed by atoms with E-state index in [-0.39, 0.29) is 0 Å². The first-order chi connectivity index (χ1) is 15.0. The van der Waals surface area contributed by atoms with Crippen molar-refractivity contribution < 1.29 is 9.52 Å². The Morgan fingerprint density at radius 1 is 1.19 bits per heavy atom. The number of para-hydroxylation sites is 2. The number of pyridine rings is 1. The molecule has 8 heteroatoms. The highest BCUT2D eigenvalue weighted by molar-refractivity contribution is 5.81. The quantitative estimate of drug-likeness (QED) is 0.521. The number of rotatable bonds is 4. The molecule has 1 unspecified atom stereocenters. The number of aliphatic hydroxyl groups excluding tert-OH is 1. The third-order valence-corrected chi connectivity index (χ3v) is 5.97. The van der Waals surface area contributed by atoms with Gasteiger partial charge < -0.3 is 20.2 Å². The molecular formula is C23H26N6O2. The van der Waals surface area contributed by atoms with Gasteiger partial charge in [-0.25, -0.2) is 9.97 Å². The molecule has 3 N–H and O–H groups in total. The van der Waals surface area contributed by atoms with E-state index in [0.717, 1.165) is 42.6 Å². The van der Waals surface area contributed by atoms with Gasteiger partial charge in [-0.3, -0.25) is 4.68 Å². The lowest BCUT2D eigenvalue weighted by atomic mass is 10.0. The van der Waals surface area contributed by atoms with E-state index in [1.165, 1.54) is 0 Å². The number of aromatic nitrogens is 4. The van der Waals surface area contributed by atoms with Crippen LogP contribution in [0.1, 0.15) is 37.6 Å². The van der Waals surface area contributed by atoms with E-state index < -0.39 is 6.10 Å². The Labute approximate surface area is 180 Å². The van der Waals surface area contributed by atoms with Gasteiger partial charge in [-0.2, -0.15) is 5.10 Å². The molecular weight excluding hydrogens is 392 g/mol. The number of likely N-dealkylation sites (tertiary alicyclic amines) is 1. The zero-order valence-electron chi connectivity index (χ0n) is 17.7. The molecule has 1 aromatic carbocycles. The predicted molar refractivity (Wildman–Crippen MR) is 119 cm³/mol. The first kappa shape index (κ1) is 19.7. The lowest BCUT2D eigenvalue weighted by Gasteiger charge is -2.29. The van der Waals surface area contributed by atoms with Crippen LogP contribution in [-0.2, 0) is 0 Å². The fourth-order valence-corrected chi connectivity index (χ4v) is 4.16. The third kappa shape index (κ3) is 3.68. The van der Waals surface area contributed by atoms with Crippen molar-refractivity contribution in [2.24, 2.45) is 0 Å². The number of nitrogens with two attached hydrogens (primary N) is 1. The van der Waals surface area contributed by atoms with E-state index in [0.29, 0.717) is 34.6 Å². The molecule has 0 bridgehead atoms. The van der Waals surface area contributed by atoms with Gasteiger partial charge in [0, 0.05) is 23.5 Å². The van der Waals surface area contributed by atoms with Gasteiger partial charge in [-0.05, 0) is 58.1 Å². The number of oxazole rings is 1. The maximum absolute atomic E-state index is 10.4. The molecule has 0 amide bonds. The van der Waals surface area contributed by atoms with Crippen molar-refractivity contribution in [1.29, 1.82) is 0 Å². The highest BCUT2D eigenvalue weighted by Crippen LogP contribution is 2.35. The molecule has 1 aliphatic heterocycles. The van der Waals surface area contributed by atoms with E-state index in [4.69, 9.17) is 15.2 Å². The predicted octanol–water partition coefficient (Wildman–Crippen LogP) is 3.66. The van der Waals surface area contributed by atoms with Crippen LogP contribution in [0.3, 0.4) is 0 Å². The summed E-state index contributed by atoms with van der Waals surface area (Å²) in [5.74, 6) is 0.769.